The highest BCUT2D eigenvalue weighted by Crippen LogP contribution is 2.34. The van der Waals surface area contributed by atoms with Gasteiger partial charge in [-0.25, -0.2) is 9.97 Å². The first kappa shape index (κ1) is 15.0. The fraction of sp³-hybridized carbons (Fsp3) is 0.733. The maximum atomic E-state index is 9.73. The second-order valence-electron chi connectivity index (χ2n) is 5.79. The molecule has 0 atom stereocenters. The Balaban J connectivity index is 2.24. The van der Waals surface area contributed by atoms with Crippen molar-refractivity contribution in [3.8, 4) is 0 Å². The minimum Gasteiger partial charge on any atom is -0.394 e. The van der Waals surface area contributed by atoms with Crippen molar-refractivity contribution >= 4 is 11.6 Å². The van der Waals surface area contributed by atoms with Crippen LogP contribution in [-0.2, 0) is 0 Å². The van der Waals surface area contributed by atoms with Gasteiger partial charge in [0.05, 0.1) is 12.1 Å². The van der Waals surface area contributed by atoms with Crippen LogP contribution in [0.4, 0.5) is 11.6 Å². The molecule has 3 N–H and O–H groups in total. The van der Waals surface area contributed by atoms with Crippen LogP contribution in [0.25, 0.3) is 0 Å². The lowest BCUT2D eigenvalue weighted by atomic mass is 9.98. The van der Waals surface area contributed by atoms with Crippen LogP contribution in [0.15, 0.2) is 0 Å². The van der Waals surface area contributed by atoms with Gasteiger partial charge in [-0.3, -0.25) is 0 Å². The van der Waals surface area contributed by atoms with E-state index in [1.807, 2.05) is 13.8 Å². The number of anilines is 2. The zero-order chi connectivity index (χ0) is 14.6. The first-order valence-electron chi connectivity index (χ1n) is 7.58. The Labute approximate surface area is 121 Å². The molecule has 1 heterocycles. The molecule has 112 valence electrons. The molecule has 20 heavy (non-hydrogen) atoms. The van der Waals surface area contributed by atoms with Crippen molar-refractivity contribution in [1.29, 1.82) is 0 Å². The highest BCUT2D eigenvalue weighted by Gasteiger charge is 2.34. The highest BCUT2D eigenvalue weighted by atomic mass is 16.3. The van der Waals surface area contributed by atoms with Crippen LogP contribution in [0, 0.1) is 13.8 Å². The third-order valence-corrected chi connectivity index (χ3v) is 4.05. The van der Waals surface area contributed by atoms with Gasteiger partial charge >= 0.3 is 0 Å². The molecule has 5 heteroatoms. The van der Waals surface area contributed by atoms with Crippen LogP contribution in [0.1, 0.15) is 50.4 Å². The number of nitrogens with one attached hydrogen (secondary N) is 2. The molecule has 1 aromatic heterocycles. The molecule has 0 bridgehead atoms. The molecule has 0 radical (unpaired) electrons. The molecule has 5 nitrogen and oxygen atoms in total. The number of hydrogen-bond donors (Lipinski definition) is 3. The molecule has 0 amide bonds. The molecule has 1 aliphatic carbocycles. The highest BCUT2D eigenvalue weighted by molar-refractivity contribution is 5.58. The van der Waals surface area contributed by atoms with Gasteiger partial charge in [-0.2, -0.15) is 0 Å². The molecular formula is C15H26N4O. The monoisotopic (exact) mass is 278 g/mol. The van der Waals surface area contributed by atoms with E-state index in [1.165, 1.54) is 0 Å². The third kappa shape index (κ3) is 3.20. The summed E-state index contributed by atoms with van der Waals surface area (Å²) in [5, 5.41) is 16.6. The standard InChI is InChI=1S/C15H26N4O/c1-4-9-16-13-11(2)14(18-12(3)17-13)19-15(10-20)7-5-6-8-15/h20H,4-10H2,1-3H3,(H2,16,17,18,19). The van der Waals surface area contributed by atoms with Crippen molar-refractivity contribution in [2.45, 2.75) is 58.4 Å². The lowest BCUT2D eigenvalue weighted by Crippen LogP contribution is -2.39. The van der Waals surface area contributed by atoms with E-state index >= 15 is 0 Å². The van der Waals surface area contributed by atoms with E-state index < -0.39 is 0 Å². The van der Waals surface area contributed by atoms with E-state index in [4.69, 9.17) is 0 Å². The van der Waals surface area contributed by atoms with Crippen molar-refractivity contribution < 1.29 is 5.11 Å². The van der Waals surface area contributed by atoms with Gasteiger partial charge in [-0.1, -0.05) is 19.8 Å². The molecule has 2 rings (SSSR count). The first-order chi connectivity index (χ1) is 9.60. The summed E-state index contributed by atoms with van der Waals surface area (Å²) in [4.78, 5) is 8.99. The zero-order valence-electron chi connectivity index (χ0n) is 12.8. The second-order valence-corrected chi connectivity index (χ2v) is 5.79. The van der Waals surface area contributed by atoms with Gasteiger partial charge in [-0.15, -0.1) is 0 Å². The van der Waals surface area contributed by atoms with Crippen LogP contribution >= 0.6 is 0 Å². The summed E-state index contributed by atoms with van der Waals surface area (Å²) in [5.41, 5.74) is 0.830. The Morgan fingerprint density at radius 1 is 1.15 bits per heavy atom. The van der Waals surface area contributed by atoms with Crippen molar-refractivity contribution in [1.82, 2.24) is 9.97 Å². The molecule has 1 saturated carbocycles. The molecule has 1 fully saturated rings. The molecule has 1 aromatic rings. The Kier molecular flexibility index (Phi) is 4.81. The minimum atomic E-state index is -0.201. The van der Waals surface area contributed by atoms with Gasteiger partial charge in [0, 0.05) is 12.1 Å². The molecule has 0 spiro atoms. The number of aromatic nitrogens is 2. The SMILES string of the molecule is CCCNc1nc(C)nc(NC2(CO)CCCC2)c1C. The summed E-state index contributed by atoms with van der Waals surface area (Å²) in [5.74, 6) is 2.50. The molecule has 0 aliphatic heterocycles. The number of aliphatic hydroxyl groups excluding tert-OH is 1. The summed E-state index contributed by atoms with van der Waals surface area (Å²) in [7, 11) is 0. The summed E-state index contributed by atoms with van der Waals surface area (Å²) < 4.78 is 0. The normalized spacial score (nSPS) is 17.2. The van der Waals surface area contributed by atoms with Gasteiger partial charge in [-0.05, 0) is 33.1 Å². The third-order valence-electron chi connectivity index (χ3n) is 4.05. The molecular weight excluding hydrogens is 252 g/mol. The molecule has 0 saturated heterocycles. The molecule has 0 aromatic carbocycles. The van der Waals surface area contributed by atoms with Gasteiger partial charge in [0.1, 0.15) is 17.5 Å². The second kappa shape index (κ2) is 6.39. The van der Waals surface area contributed by atoms with Crippen LogP contribution in [0.2, 0.25) is 0 Å². The van der Waals surface area contributed by atoms with Crippen LogP contribution in [0.5, 0.6) is 0 Å². The van der Waals surface area contributed by atoms with E-state index in [0.717, 1.165) is 61.7 Å². The number of nitrogens with zero attached hydrogens (tertiary/aromatic N) is 2. The first-order valence-corrected chi connectivity index (χ1v) is 7.58. The summed E-state index contributed by atoms with van der Waals surface area (Å²) in [6.07, 6.45) is 5.40. The predicted molar refractivity (Wildman–Crippen MR) is 82.2 cm³/mol. The largest absolute Gasteiger partial charge is 0.394 e. The minimum absolute atomic E-state index is 0.160. The van der Waals surface area contributed by atoms with Crippen molar-refractivity contribution in [3.63, 3.8) is 0 Å². The fourth-order valence-electron chi connectivity index (χ4n) is 2.79. The summed E-state index contributed by atoms with van der Waals surface area (Å²) in [6, 6.07) is 0. The fourth-order valence-corrected chi connectivity index (χ4v) is 2.79. The summed E-state index contributed by atoms with van der Waals surface area (Å²) >= 11 is 0. The number of aliphatic hydroxyl groups is 1. The van der Waals surface area contributed by atoms with Gasteiger partial charge in [0.25, 0.3) is 0 Å². The zero-order valence-corrected chi connectivity index (χ0v) is 12.8. The maximum absolute atomic E-state index is 9.73. The Bertz CT molecular complexity index is 455. The summed E-state index contributed by atoms with van der Waals surface area (Å²) in [6.45, 7) is 7.13. The van der Waals surface area contributed by atoms with E-state index in [0.29, 0.717) is 0 Å². The lowest BCUT2D eigenvalue weighted by molar-refractivity contribution is 0.213. The van der Waals surface area contributed by atoms with Crippen LogP contribution in [-0.4, -0.2) is 33.8 Å². The van der Waals surface area contributed by atoms with E-state index in [2.05, 4.69) is 27.5 Å². The van der Waals surface area contributed by atoms with Crippen LogP contribution < -0.4 is 10.6 Å². The van der Waals surface area contributed by atoms with Gasteiger partial charge < -0.3 is 15.7 Å². The molecule has 0 unspecified atom stereocenters. The van der Waals surface area contributed by atoms with Crippen molar-refractivity contribution in [3.05, 3.63) is 11.4 Å². The Morgan fingerprint density at radius 2 is 1.80 bits per heavy atom. The van der Waals surface area contributed by atoms with E-state index in [1.54, 1.807) is 0 Å². The lowest BCUT2D eigenvalue weighted by Gasteiger charge is -2.29. The van der Waals surface area contributed by atoms with E-state index in [9.17, 15) is 5.11 Å². The van der Waals surface area contributed by atoms with Crippen molar-refractivity contribution in [2.24, 2.45) is 0 Å². The number of hydrogen-bond acceptors (Lipinski definition) is 5. The van der Waals surface area contributed by atoms with Gasteiger partial charge in [0.2, 0.25) is 0 Å². The number of rotatable bonds is 6. The van der Waals surface area contributed by atoms with Gasteiger partial charge in [0.15, 0.2) is 0 Å². The average Bonchev–Trinajstić information content (AvgIpc) is 2.90. The molecule has 1 aliphatic rings. The number of aryl methyl sites for hydroxylation is 1. The Hall–Kier alpha value is -1.36. The maximum Gasteiger partial charge on any atom is 0.135 e. The predicted octanol–water partition coefficient (Wildman–Crippen LogP) is 2.63. The topological polar surface area (TPSA) is 70.1 Å². The average molecular weight is 278 g/mol. The van der Waals surface area contributed by atoms with Crippen LogP contribution in [0.3, 0.4) is 0 Å². The van der Waals surface area contributed by atoms with E-state index in [-0.39, 0.29) is 12.1 Å². The van der Waals surface area contributed by atoms with Crippen molar-refractivity contribution in [2.75, 3.05) is 23.8 Å². The quantitative estimate of drug-likeness (QED) is 0.746. The smallest absolute Gasteiger partial charge is 0.135 e. The Morgan fingerprint density at radius 3 is 2.40 bits per heavy atom.